The van der Waals surface area contributed by atoms with E-state index in [9.17, 15) is 14.4 Å². The van der Waals surface area contributed by atoms with Crippen molar-refractivity contribution in [2.75, 3.05) is 39.5 Å². The molecule has 23 heavy (non-hydrogen) atoms. The number of imide groups is 1. The maximum Gasteiger partial charge on any atom is 0.253 e. The lowest BCUT2D eigenvalue weighted by molar-refractivity contribution is -0.138. The Labute approximate surface area is 133 Å². The van der Waals surface area contributed by atoms with Gasteiger partial charge in [0.25, 0.3) is 11.8 Å². The molecule has 124 valence electrons. The van der Waals surface area contributed by atoms with Crippen molar-refractivity contribution in [2.24, 2.45) is 0 Å². The molecule has 0 aromatic carbocycles. The molecular formula is C15H18N2O6. The van der Waals surface area contributed by atoms with Crippen molar-refractivity contribution < 1.29 is 28.6 Å². The molecule has 2 unspecified atom stereocenters. The van der Waals surface area contributed by atoms with Crippen LogP contribution in [-0.2, 0) is 28.6 Å². The number of epoxide rings is 1. The van der Waals surface area contributed by atoms with Crippen LogP contribution in [0.15, 0.2) is 24.3 Å². The number of ether oxygens (including phenoxy) is 3. The standard InChI is InChI=1S/C15H18N2O6/c18-12-3-4-13(19)16(12)5-7-21-9-10-22-8-6-17-14(20)2-1-11-15(17)23-11/h1-4,11,15H,5-10H2. The number of carbonyl (C=O) groups is 3. The van der Waals surface area contributed by atoms with E-state index in [-0.39, 0.29) is 43.2 Å². The minimum atomic E-state index is -0.310. The van der Waals surface area contributed by atoms with Crippen molar-refractivity contribution in [1.82, 2.24) is 9.80 Å². The summed E-state index contributed by atoms with van der Waals surface area (Å²) in [6.45, 7) is 2.14. The van der Waals surface area contributed by atoms with Gasteiger partial charge in [0.15, 0.2) is 6.23 Å². The largest absolute Gasteiger partial charge is 0.377 e. The van der Waals surface area contributed by atoms with E-state index in [2.05, 4.69) is 0 Å². The highest BCUT2D eigenvalue weighted by Crippen LogP contribution is 2.30. The van der Waals surface area contributed by atoms with Crippen molar-refractivity contribution in [3.8, 4) is 0 Å². The molecule has 0 saturated carbocycles. The molecule has 3 aliphatic rings. The molecule has 0 N–H and O–H groups in total. The van der Waals surface area contributed by atoms with Gasteiger partial charge in [-0.1, -0.05) is 0 Å². The lowest BCUT2D eigenvalue weighted by Gasteiger charge is -2.20. The number of amides is 3. The topological polar surface area (TPSA) is 88.7 Å². The van der Waals surface area contributed by atoms with E-state index in [1.54, 1.807) is 11.0 Å². The Morgan fingerprint density at radius 3 is 2.22 bits per heavy atom. The summed E-state index contributed by atoms with van der Waals surface area (Å²) in [5.41, 5.74) is 0. The molecule has 8 heteroatoms. The van der Waals surface area contributed by atoms with Gasteiger partial charge in [0, 0.05) is 24.8 Å². The summed E-state index contributed by atoms with van der Waals surface area (Å²) in [5.74, 6) is -0.677. The molecule has 0 bridgehead atoms. The SMILES string of the molecule is O=C1C=CC(=O)N1CCOCCOCCN1C(=O)C=CC2OC21. The fourth-order valence-corrected chi connectivity index (χ4v) is 2.43. The summed E-state index contributed by atoms with van der Waals surface area (Å²) in [6.07, 6.45) is 5.70. The molecule has 0 aliphatic carbocycles. The van der Waals surface area contributed by atoms with Crippen LogP contribution in [0.3, 0.4) is 0 Å². The van der Waals surface area contributed by atoms with E-state index in [0.717, 1.165) is 4.90 Å². The fraction of sp³-hybridized carbons (Fsp3) is 0.533. The second-order valence-electron chi connectivity index (χ2n) is 5.27. The van der Waals surface area contributed by atoms with Gasteiger partial charge in [0.05, 0.1) is 33.0 Å². The first kappa shape index (κ1) is 15.9. The zero-order chi connectivity index (χ0) is 16.2. The molecule has 0 aromatic heterocycles. The van der Waals surface area contributed by atoms with Gasteiger partial charge in [-0.15, -0.1) is 0 Å². The average Bonchev–Trinajstić information content (AvgIpc) is 3.25. The number of nitrogens with zero attached hydrogens (tertiary/aromatic N) is 2. The first-order chi connectivity index (χ1) is 11.2. The summed E-state index contributed by atoms with van der Waals surface area (Å²) in [6, 6.07) is 0. The van der Waals surface area contributed by atoms with Crippen LogP contribution in [0.1, 0.15) is 0 Å². The van der Waals surface area contributed by atoms with Gasteiger partial charge in [-0.25, -0.2) is 0 Å². The molecule has 3 heterocycles. The van der Waals surface area contributed by atoms with E-state index in [1.807, 2.05) is 0 Å². The smallest absolute Gasteiger partial charge is 0.253 e. The molecule has 0 spiro atoms. The van der Waals surface area contributed by atoms with Crippen LogP contribution in [0, 0.1) is 0 Å². The van der Waals surface area contributed by atoms with Crippen LogP contribution < -0.4 is 0 Å². The van der Waals surface area contributed by atoms with Crippen LogP contribution >= 0.6 is 0 Å². The van der Waals surface area contributed by atoms with Crippen LogP contribution in [0.5, 0.6) is 0 Å². The van der Waals surface area contributed by atoms with Gasteiger partial charge in [-0.2, -0.15) is 0 Å². The van der Waals surface area contributed by atoms with Crippen molar-refractivity contribution in [3.05, 3.63) is 24.3 Å². The van der Waals surface area contributed by atoms with Crippen LogP contribution in [0.4, 0.5) is 0 Å². The first-order valence-electron chi connectivity index (χ1n) is 7.50. The van der Waals surface area contributed by atoms with Crippen molar-refractivity contribution in [1.29, 1.82) is 0 Å². The fourth-order valence-electron chi connectivity index (χ4n) is 2.43. The Bertz CT molecular complexity index is 540. The molecule has 0 aromatic rings. The van der Waals surface area contributed by atoms with E-state index in [0.29, 0.717) is 26.4 Å². The second kappa shape index (κ2) is 7.03. The minimum absolute atomic E-state index is 0.0431. The van der Waals surface area contributed by atoms with Crippen LogP contribution in [0.25, 0.3) is 0 Å². The number of hydrogen-bond donors (Lipinski definition) is 0. The Morgan fingerprint density at radius 2 is 1.52 bits per heavy atom. The summed E-state index contributed by atoms with van der Waals surface area (Å²) in [4.78, 5) is 37.0. The predicted octanol–water partition coefficient (Wildman–Crippen LogP) is -0.932. The normalized spacial score (nSPS) is 25.5. The Balaban J connectivity index is 1.20. The van der Waals surface area contributed by atoms with Gasteiger partial charge in [0.1, 0.15) is 6.10 Å². The maximum atomic E-state index is 11.6. The lowest BCUT2D eigenvalue weighted by atomic mass is 10.2. The van der Waals surface area contributed by atoms with Gasteiger partial charge in [0.2, 0.25) is 5.91 Å². The molecule has 8 nitrogen and oxygen atoms in total. The molecule has 3 aliphatic heterocycles. The molecular weight excluding hydrogens is 304 g/mol. The third kappa shape index (κ3) is 3.84. The zero-order valence-electron chi connectivity index (χ0n) is 12.6. The van der Waals surface area contributed by atoms with Gasteiger partial charge < -0.3 is 19.1 Å². The van der Waals surface area contributed by atoms with Crippen LogP contribution in [0.2, 0.25) is 0 Å². The van der Waals surface area contributed by atoms with Gasteiger partial charge in [-0.3, -0.25) is 19.3 Å². The van der Waals surface area contributed by atoms with Crippen LogP contribution in [-0.4, -0.2) is 79.4 Å². The summed E-state index contributed by atoms with van der Waals surface area (Å²) in [5, 5.41) is 0. The average molecular weight is 322 g/mol. The van der Waals surface area contributed by atoms with Gasteiger partial charge in [-0.05, 0) is 6.08 Å². The molecule has 2 atom stereocenters. The Kier molecular flexibility index (Phi) is 4.85. The molecule has 0 radical (unpaired) electrons. The Hall–Kier alpha value is -2.03. The number of rotatable bonds is 9. The predicted molar refractivity (Wildman–Crippen MR) is 77.0 cm³/mol. The number of hydrogen-bond acceptors (Lipinski definition) is 6. The Morgan fingerprint density at radius 1 is 0.870 bits per heavy atom. The summed E-state index contributed by atoms with van der Waals surface area (Å²) in [7, 11) is 0. The molecule has 1 saturated heterocycles. The highest BCUT2D eigenvalue weighted by atomic mass is 16.6. The highest BCUT2D eigenvalue weighted by Gasteiger charge is 2.46. The van der Waals surface area contributed by atoms with Crippen molar-refractivity contribution >= 4 is 17.7 Å². The number of carbonyl (C=O) groups excluding carboxylic acids is 3. The quantitative estimate of drug-likeness (QED) is 0.309. The van der Waals surface area contributed by atoms with E-state index < -0.39 is 0 Å². The lowest BCUT2D eigenvalue weighted by Crippen LogP contribution is -2.38. The third-order valence-corrected chi connectivity index (χ3v) is 3.73. The first-order valence-corrected chi connectivity index (χ1v) is 7.50. The van der Waals surface area contributed by atoms with E-state index >= 15 is 0 Å². The summed E-state index contributed by atoms with van der Waals surface area (Å²) < 4.78 is 16.0. The van der Waals surface area contributed by atoms with E-state index in [1.165, 1.54) is 18.2 Å². The van der Waals surface area contributed by atoms with Gasteiger partial charge >= 0.3 is 0 Å². The zero-order valence-corrected chi connectivity index (χ0v) is 12.6. The second-order valence-corrected chi connectivity index (χ2v) is 5.27. The highest BCUT2D eigenvalue weighted by molar-refractivity contribution is 6.12. The van der Waals surface area contributed by atoms with E-state index in [4.69, 9.17) is 14.2 Å². The monoisotopic (exact) mass is 322 g/mol. The molecule has 1 fully saturated rings. The third-order valence-electron chi connectivity index (χ3n) is 3.73. The maximum absolute atomic E-state index is 11.6. The van der Waals surface area contributed by atoms with Crippen molar-refractivity contribution in [3.63, 3.8) is 0 Å². The molecule has 3 amide bonds. The number of fused-ring (bicyclic) bond motifs is 1. The minimum Gasteiger partial charge on any atom is -0.377 e. The summed E-state index contributed by atoms with van der Waals surface area (Å²) >= 11 is 0. The van der Waals surface area contributed by atoms with Crippen molar-refractivity contribution in [2.45, 2.75) is 12.3 Å². The molecule has 3 rings (SSSR count).